The second-order valence-electron chi connectivity index (χ2n) is 4.20. The molecule has 2 aromatic rings. The van der Waals surface area contributed by atoms with Gasteiger partial charge in [0.1, 0.15) is 0 Å². The Bertz CT molecular complexity index is 773. The molecule has 0 fully saturated rings. The highest BCUT2D eigenvalue weighted by molar-refractivity contribution is 5.43. The van der Waals surface area contributed by atoms with Gasteiger partial charge in [-0.3, -0.25) is 0 Å². The minimum atomic E-state index is 0. The Balaban J connectivity index is 0.000000409. The highest BCUT2D eigenvalue weighted by Gasteiger charge is 1.88. The van der Waals surface area contributed by atoms with Crippen LogP contribution in [0.3, 0.4) is 0 Å². The van der Waals surface area contributed by atoms with E-state index in [1.165, 1.54) is 0 Å². The molecule has 0 bridgehead atoms. The zero-order valence-corrected chi connectivity index (χ0v) is 13.3. The van der Waals surface area contributed by atoms with Gasteiger partial charge in [-0.15, -0.1) is 24.7 Å². The molecule has 2 rings (SSSR count). The fraction of sp³-hybridized carbons (Fsp3) is 0.0909. The van der Waals surface area contributed by atoms with E-state index in [0.717, 1.165) is 22.3 Å². The second kappa shape index (κ2) is 11.3. The number of hydrogen-bond acceptors (Lipinski definition) is 0. The maximum absolute atomic E-state index is 5.15. The van der Waals surface area contributed by atoms with Crippen LogP contribution >= 0.6 is 0 Å². The molecule has 0 saturated carbocycles. The average molecular weight is 298 g/mol. The van der Waals surface area contributed by atoms with Gasteiger partial charge >= 0.3 is 0 Å². The molecule has 0 aliphatic heterocycles. The van der Waals surface area contributed by atoms with Crippen LogP contribution in [0.15, 0.2) is 48.5 Å². The molecule has 1 heteroatoms. The molecular formula is C22H18O. The van der Waals surface area contributed by atoms with Gasteiger partial charge in [-0.1, -0.05) is 35.8 Å². The minimum Gasteiger partial charge on any atom is -0.412 e. The molecule has 0 atom stereocenters. The lowest BCUT2D eigenvalue weighted by Gasteiger charge is -1.90. The van der Waals surface area contributed by atoms with Crippen LogP contribution in [0.1, 0.15) is 36.1 Å². The van der Waals surface area contributed by atoms with Crippen LogP contribution in [0, 0.1) is 48.4 Å². The monoisotopic (exact) mass is 298 g/mol. The zero-order valence-electron chi connectivity index (χ0n) is 13.3. The molecule has 0 spiro atoms. The fourth-order valence-corrected chi connectivity index (χ4v) is 1.66. The Morgan fingerprint density at radius 2 is 1.00 bits per heavy atom. The molecule has 2 aromatic carbocycles. The van der Waals surface area contributed by atoms with Crippen molar-refractivity contribution >= 4 is 0 Å². The van der Waals surface area contributed by atoms with Gasteiger partial charge in [-0.25, -0.2) is 0 Å². The quantitative estimate of drug-likeness (QED) is 0.669. The SMILES string of the molecule is C#Cc1cccc(C#C)c1.CC#Cc1cccc(C#CC)c1.O. The lowest BCUT2D eigenvalue weighted by molar-refractivity contribution is 0.824. The van der Waals surface area contributed by atoms with Gasteiger partial charge in [-0.2, -0.15) is 0 Å². The summed E-state index contributed by atoms with van der Waals surface area (Å²) in [5.41, 5.74) is 3.71. The van der Waals surface area contributed by atoms with Crippen LogP contribution in [0.4, 0.5) is 0 Å². The molecule has 2 N–H and O–H groups in total. The Kier molecular flexibility index (Phi) is 9.66. The van der Waals surface area contributed by atoms with E-state index < -0.39 is 0 Å². The van der Waals surface area contributed by atoms with Gasteiger partial charge in [0.15, 0.2) is 0 Å². The van der Waals surface area contributed by atoms with E-state index in [0.29, 0.717) is 0 Å². The molecule has 112 valence electrons. The maximum atomic E-state index is 5.15. The third-order valence-electron chi connectivity index (χ3n) is 2.60. The predicted molar refractivity (Wildman–Crippen MR) is 97.5 cm³/mol. The van der Waals surface area contributed by atoms with Crippen molar-refractivity contribution in [3.05, 3.63) is 70.8 Å². The molecule has 23 heavy (non-hydrogen) atoms. The number of benzene rings is 2. The number of hydrogen-bond donors (Lipinski definition) is 0. The average Bonchev–Trinajstić information content (AvgIpc) is 2.56. The van der Waals surface area contributed by atoms with Crippen LogP contribution in [0.25, 0.3) is 0 Å². The molecule has 0 unspecified atom stereocenters. The Morgan fingerprint density at radius 1 is 0.652 bits per heavy atom. The maximum Gasteiger partial charge on any atom is 0.0257 e. The van der Waals surface area contributed by atoms with Crippen LogP contribution in [0.2, 0.25) is 0 Å². The van der Waals surface area contributed by atoms with Crippen LogP contribution in [0.5, 0.6) is 0 Å². The highest BCUT2D eigenvalue weighted by atomic mass is 16.0. The molecule has 0 aromatic heterocycles. The standard InChI is InChI=1S/C12H10.C10H6.H2O/c1-3-6-11-8-5-9-12(10-11)7-4-2;1-3-9-6-5-7-10(4-2)8-9;/h5,8-10H,1-2H3;1-2,5-8H;1H2. The molecule has 0 saturated heterocycles. The first-order chi connectivity index (χ1) is 10.7. The summed E-state index contributed by atoms with van der Waals surface area (Å²) in [6.45, 7) is 3.66. The normalized spacial score (nSPS) is 7.30. The molecule has 0 heterocycles. The van der Waals surface area contributed by atoms with E-state index in [1.807, 2.05) is 56.3 Å². The molecule has 0 aliphatic carbocycles. The first kappa shape index (κ1) is 19.6. The van der Waals surface area contributed by atoms with E-state index in [-0.39, 0.29) is 5.48 Å². The summed E-state index contributed by atoms with van der Waals surface area (Å²) in [7, 11) is 0. The van der Waals surface area contributed by atoms with Gasteiger partial charge in [0.05, 0.1) is 0 Å². The van der Waals surface area contributed by atoms with Gasteiger partial charge in [0.25, 0.3) is 0 Å². The second-order valence-corrected chi connectivity index (χ2v) is 4.20. The summed E-state index contributed by atoms with van der Waals surface area (Å²) in [6.07, 6.45) is 10.3. The third-order valence-corrected chi connectivity index (χ3v) is 2.60. The van der Waals surface area contributed by atoms with E-state index >= 15 is 0 Å². The van der Waals surface area contributed by atoms with Crippen molar-refractivity contribution in [2.24, 2.45) is 0 Å². The Morgan fingerprint density at radius 3 is 1.35 bits per heavy atom. The highest BCUT2D eigenvalue weighted by Crippen LogP contribution is 2.02. The van der Waals surface area contributed by atoms with Gasteiger partial charge in [-0.05, 0) is 50.2 Å². The van der Waals surface area contributed by atoms with Crippen LogP contribution in [-0.4, -0.2) is 5.48 Å². The summed E-state index contributed by atoms with van der Waals surface area (Å²) in [5.74, 6) is 16.7. The van der Waals surface area contributed by atoms with E-state index in [2.05, 4.69) is 35.5 Å². The van der Waals surface area contributed by atoms with Crippen molar-refractivity contribution < 1.29 is 5.48 Å². The van der Waals surface area contributed by atoms with Gasteiger partial charge in [0, 0.05) is 22.3 Å². The van der Waals surface area contributed by atoms with E-state index in [4.69, 9.17) is 12.8 Å². The summed E-state index contributed by atoms with van der Waals surface area (Å²) in [5, 5.41) is 0. The van der Waals surface area contributed by atoms with E-state index in [1.54, 1.807) is 6.07 Å². The largest absolute Gasteiger partial charge is 0.412 e. The summed E-state index contributed by atoms with van der Waals surface area (Å²) in [6, 6.07) is 15.3. The first-order valence-corrected chi connectivity index (χ1v) is 6.72. The lowest BCUT2D eigenvalue weighted by atomic mass is 10.1. The molecule has 0 aliphatic rings. The van der Waals surface area contributed by atoms with Gasteiger partial charge in [0.2, 0.25) is 0 Å². The molecule has 0 radical (unpaired) electrons. The number of rotatable bonds is 0. The Hall–Kier alpha value is -3.36. The van der Waals surface area contributed by atoms with Crippen molar-refractivity contribution in [3.63, 3.8) is 0 Å². The minimum absolute atomic E-state index is 0. The third kappa shape index (κ3) is 7.27. The van der Waals surface area contributed by atoms with Crippen molar-refractivity contribution in [2.75, 3.05) is 0 Å². The van der Waals surface area contributed by atoms with Crippen LogP contribution in [-0.2, 0) is 0 Å². The molecule has 1 nitrogen and oxygen atoms in total. The molecule has 0 amide bonds. The predicted octanol–water partition coefficient (Wildman–Crippen LogP) is 3.25. The number of terminal acetylenes is 2. The zero-order chi connectivity index (χ0) is 16.2. The van der Waals surface area contributed by atoms with Crippen molar-refractivity contribution in [1.82, 2.24) is 0 Å². The lowest BCUT2D eigenvalue weighted by Crippen LogP contribution is -1.76. The molecular weight excluding hydrogens is 280 g/mol. The fourth-order valence-electron chi connectivity index (χ4n) is 1.66. The topological polar surface area (TPSA) is 31.5 Å². The Labute approximate surface area is 139 Å². The van der Waals surface area contributed by atoms with E-state index in [9.17, 15) is 0 Å². The summed E-state index contributed by atoms with van der Waals surface area (Å²) < 4.78 is 0. The van der Waals surface area contributed by atoms with Gasteiger partial charge < -0.3 is 5.48 Å². The van der Waals surface area contributed by atoms with Crippen molar-refractivity contribution in [1.29, 1.82) is 0 Å². The summed E-state index contributed by atoms with van der Waals surface area (Å²) >= 11 is 0. The first-order valence-electron chi connectivity index (χ1n) is 6.72. The van der Waals surface area contributed by atoms with Crippen molar-refractivity contribution in [2.45, 2.75) is 13.8 Å². The summed E-state index contributed by atoms with van der Waals surface area (Å²) in [4.78, 5) is 0. The van der Waals surface area contributed by atoms with Crippen LogP contribution < -0.4 is 0 Å². The smallest absolute Gasteiger partial charge is 0.0257 e. The van der Waals surface area contributed by atoms with Crippen molar-refractivity contribution in [3.8, 4) is 48.4 Å².